The summed E-state index contributed by atoms with van der Waals surface area (Å²) in [5.74, 6) is -1.89. The molecule has 1 aliphatic rings. The summed E-state index contributed by atoms with van der Waals surface area (Å²) in [7, 11) is -2.38. The molecule has 4 nitrogen and oxygen atoms in total. The number of fused-ring (bicyclic) bond motifs is 1. The fraction of sp³-hybridized carbons (Fsp3) is 0.250. The van der Waals surface area contributed by atoms with Crippen LogP contribution in [0.1, 0.15) is 17.2 Å². The van der Waals surface area contributed by atoms with E-state index >= 15 is 0 Å². The number of benzene rings is 2. The Bertz CT molecular complexity index is 826. The molecule has 3 rings (SSSR count). The van der Waals surface area contributed by atoms with Gasteiger partial charge in [0.05, 0.1) is 17.1 Å². The molecular weight excluding hydrogens is 360 g/mol. The lowest BCUT2D eigenvalue weighted by atomic mass is 10.0. The smallest absolute Gasteiger partial charge is 0.185 e. The van der Waals surface area contributed by atoms with Crippen molar-refractivity contribution in [1.82, 2.24) is 0 Å². The molecule has 0 amide bonds. The van der Waals surface area contributed by atoms with Crippen LogP contribution in [0.2, 0.25) is 5.02 Å². The second kappa shape index (κ2) is 7.46. The Morgan fingerprint density at radius 3 is 2.29 bits per heavy atom. The molecule has 1 aliphatic heterocycles. The van der Waals surface area contributed by atoms with Crippen LogP contribution in [0.4, 0.5) is 8.78 Å². The lowest BCUT2D eigenvalue weighted by Crippen LogP contribution is -2.23. The zero-order valence-electron chi connectivity index (χ0n) is 12.8. The minimum absolute atomic E-state index is 0.00482. The molecule has 0 saturated carbocycles. The first kappa shape index (κ1) is 18.6. The van der Waals surface area contributed by atoms with Gasteiger partial charge in [0.2, 0.25) is 0 Å². The third-order valence-corrected chi connectivity index (χ3v) is 5.96. The zero-order chi connectivity index (χ0) is 17.9. The summed E-state index contributed by atoms with van der Waals surface area (Å²) in [6, 6.07) is 7.42. The van der Waals surface area contributed by atoms with Crippen molar-refractivity contribution in [2.24, 2.45) is 5.73 Å². The van der Waals surface area contributed by atoms with E-state index in [0.29, 0.717) is 5.02 Å². The van der Waals surface area contributed by atoms with Crippen molar-refractivity contribution in [3.8, 4) is 5.75 Å². The van der Waals surface area contributed by atoms with E-state index in [2.05, 4.69) is 5.73 Å². The van der Waals surface area contributed by atoms with E-state index < -0.39 is 26.7 Å². The van der Waals surface area contributed by atoms with Crippen molar-refractivity contribution >= 4 is 21.4 Å². The molecule has 0 unspecified atom stereocenters. The second-order valence-electron chi connectivity index (χ2n) is 4.90. The molecule has 2 N–H and O–H groups in total. The molecule has 24 heavy (non-hydrogen) atoms. The van der Waals surface area contributed by atoms with Crippen LogP contribution in [0.3, 0.4) is 0 Å². The first-order valence-electron chi connectivity index (χ1n) is 7.09. The van der Waals surface area contributed by atoms with Crippen LogP contribution >= 0.6 is 11.6 Å². The molecule has 2 aromatic rings. The van der Waals surface area contributed by atoms with Crippen molar-refractivity contribution in [2.75, 3.05) is 13.7 Å². The molecule has 2 aromatic carbocycles. The van der Waals surface area contributed by atoms with Gasteiger partial charge in [0.15, 0.2) is 21.4 Å². The van der Waals surface area contributed by atoms with Crippen molar-refractivity contribution in [1.29, 1.82) is 0 Å². The highest BCUT2D eigenvalue weighted by Crippen LogP contribution is 2.42. The van der Waals surface area contributed by atoms with E-state index in [1.54, 1.807) is 0 Å². The molecule has 0 spiro atoms. The van der Waals surface area contributed by atoms with Crippen LogP contribution in [0.25, 0.3) is 0 Å². The van der Waals surface area contributed by atoms with Crippen molar-refractivity contribution < 1.29 is 21.9 Å². The highest BCUT2D eigenvalue weighted by atomic mass is 35.5. The van der Waals surface area contributed by atoms with Gasteiger partial charge in [-0.2, -0.15) is 0 Å². The van der Waals surface area contributed by atoms with Crippen LogP contribution in [0.15, 0.2) is 41.3 Å². The monoisotopic (exact) mass is 375 g/mol. The highest BCUT2D eigenvalue weighted by molar-refractivity contribution is 7.91. The molecule has 0 radical (unpaired) electrons. The van der Waals surface area contributed by atoms with Crippen molar-refractivity contribution in [3.05, 3.63) is 58.6 Å². The standard InChI is InChI=1S/C15H11ClF2O3S.CH5N/c16-9-1-3-10(4-2-9)22(19,20)13-7-8-21-15-12(18)6-5-11(17)14(13)15;1-2/h1-6,13H,7-8H2;2H2,1H3/t13-;/m1./s1. The number of nitrogens with two attached hydrogens (primary N) is 1. The van der Waals surface area contributed by atoms with Gasteiger partial charge in [-0.05, 0) is 43.4 Å². The molecule has 130 valence electrons. The summed E-state index contributed by atoms with van der Waals surface area (Å²) in [5.41, 5.74) is 4.25. The Kier molecular flexibility index (Phi) is 5.79. The molecule has 0 aromatic heterocycles. The van der Waals surface area contributed by atoms with Gasteiger partial charge in [-0.15, -0.1) is 0 Å². The Labute approximate surface area is 144 Å². The normalized spacial score (nSPS) is 16.5. The molecule has 0 bridgehead atoms. The number of ether oxygens (including phenoxy) is 1. The molecule has 0 saturated heterocycles. The van der Waals surface area contributed by atoms with E-state index in [-0.39, 0.29) is 29.2 Å². The van der Waals surface area contributed by atoms with Crippen molar-refractivity contribution in [2.45, 2.75) is 16.6 Å². The van der Waals surface area contributed by atoms with Crippen molar-refractivity contribution in [3.63, 3.8) is 0 Å². The number of hydrogen-bond acceptors (Lipinski definition) is 4. The summed E-state index contributed by atoms with van der Waals surface area (Å²) < 4.78 is 58.4. The minimum Gasteiger partial charge on any atom is -0.490 e. The maximum atomic E-state index is 14.1. The lowest BCUT2D eigenvalue weighted by molar-refractivity contribution is 0.264. The average Bonchev–Trinajstić information content (AvgIpc) is 2.60. The van der Waals surface area contributed by atoms with Gasteiger partial charge in [0.25, 0.3) is 0 Å². The van der Waals surface area contributed by atoms with Crippen LogP contribution in [-0.4, -0.2) is 22.1 Å². The average molecular weight is 376 g/mol. The van der Waals surface area contributed by atoms with Gasteiger partial charge in [0, 0.05) is 11.4 Å². The van der Waals surface area contributed by atoms with Crippen LogP contribution in [-0.2, 0) is 9.84 Å². The van der Waals surface area contributed by atoms with Gasteiger partial charge < -0.3 is 10.5 Å². The first-order valence-corrected chi connectivity index (χ1v) is 9.01. The maximum absolute atomic E-state index is 14.1. The Hall–Kier alpha value is -1.70. The summed E-state index contributed by atoms with van der Waals surface area (Å²) in [4.78, 5) is 0.0124. The molecular formula is C16H16ClF2NO3S. The number of halogens is 3. The predicted octanol–water partition coefficient (Wildman–Crippen LogP) is 3.49. The predicted molar refractivity (Wildman–Crippen MR) is 88.0 cm³/mol. The minimum atomic E-state index is -3.88. The summed E-state index contributed by atoms with van der Waals surface area (Å²) >= 11 is 5.75. The van der Waals surface area contributed by atoms with Crippen LogP contribution in [0.5, 0.6) is 5.75 Å². The van der Waals surface area contributed by atoms with E-state index in [1.807, 2.05) is 0 Å². The Morgan fingerprint density at radius 2 is 1.67 bits per heavy atom. The van der Waals surface area contributed by atoms with Gasteiger partial charge >= 0.3 is 0 Å². The molecule has 0 aliphatic carbocycles. The van der Waals surface area contributed by atoms with Gasteiger partial charge in [-0.25, -0.2) is 17.2 Å². The number of hydrogen-bond donors (Lipinski definition) is 1. The number of rotatable bonds is 2. The second-order valence-corrected chi connectivity index (χ2v) is 7.46. The van der Waals surface area contributed by atoms with E-state index in [9.17, 15) is 17.2 Å². The van der Waals surface area contributed by atoms with E-state index in [0.717, 1.165) is 12.1 Å². The lowest BCUT2D eigenvalue weighted by Gasteiger charge is -2.26. The Balaban J connectivity index is 0.00000100. The fourth-order valence-electron chi connectivity index (χ4n) is 2.51. The Morgan fingerprint density at radius 1 is 1.08 bits per heavy atom. The highest BCUT2D eigenvalue weighted by Gasteiger charge is 2.37. The summed E-state index contributed by atoms with van der Waals surface area (Å²) in [6.45, 7) is 0.00482. The largest absolute Gasteiger partial charge is 0.490 e. The third-order valence-electron chi connectivity index (χ3n) is 3.56. The quantitative estimate of drug-likeness (QED) is 0.872. The topological polar surface area (TPSA) is 69.4 Å². The number of sulfone groups is 1. The molecule has 1 atom stereocenters. The first-order chi connectivity index (χ1) is 11.4. The van der Waals surface area contributed by atoms with Gasteiger partial charge in [-0.1, -0.05) is 11.6 Å². The van der Waals surface area contributed by atoms with Gasteiger partial charge in [0.1, 0.15) is 11.1 Å². The fourth-order valence-corrected chi connectivity index (χ4v) is 4.41. The maximum Gasteiger partial charge on any atom is 0.185 e. The third kappa shape index (κ3) is 3.38. The van der Waals surface area contributed by atoms with E-state index in [1.165, 1.54) is 31.3 Å². The van der Waals surface area contributed by atoms with Crippen LogP contribution < -0.4 is 10.5 Å². The summed E-state index contributed by atoms with van der Waals surface area (Å²) in [5, 5.41) is -0.795. The van der Waals surface area contributed by atoms with Gasteiger partial charge in [-0.3, -0.25) is 0 Å². The zero-order valence-corrected chi connectivity index (χ0v) is 14.4. The van der Waals surface area contributed by atoms with E-state index in [4.69, 9.17) is 16.3 Å². The molecule has 8 heteroatoms. The summed E-state index contributed by atoms with van der Waals surface area (Å²) in [6.07, 6.45) is 0.0539. The molecule has 0 fully saturated rings. The van der Waals surface area contributed by atoms with Crippen LogP contribution in [0, 0.1) is 11.6 Å². The SMILES string of the molecule is CN.O=S(=O)(c1ccc(Cl)cc1)[C@@H]1CCOc2c(F)ccc(F)c21. The molecule has 1 heterocycles.